The summed E-state index contributed by atoms with van der Waals surface area (Å²) in [6, 6.07) is 10.5. The third-order valence-electron chi connectivity index (χ3n) is 4.40. The lowest BCUT2D eigenvalue weighted by atomic mass is 10.1. The van der Waals surface area contributed by atoms with Crippen LogP contribution in [-0.2, 0) is 0 Å². The molecule has 0 saturated carbocycles. The fraction of sp³-hybridized carbons (Fsp3) is 0.100. The molecule has 0 radical (unpaired) electrons. The van der Waals surface area contributed by atoms with Crippen LogP contribution in [0.2, 0.25) is 10.0 Å². The molecule has 0 bridgehead atoms. The molecular formula is C20H14Cl2FN3S. The second-order valence-corrected chi connectivity index (χ2v) is 7.87. The molecule has 0 aliphatic heterocycles. The summed E-state index contributed by atoms with van der Waals surface area (Å²) in [5.74, 6) is 0.364. The molecular weight excluding hydrogens is 404 g/mol. The number of aryl methyl sites for hydroxylation is 1. The van der Waals surface area contributed by atoms with Gasteiger partial charge < -0.3 is 0 Å². The highest BCUT2D eigenvalue weighted by Crippen LogP contribution is 2.38. The normalized spacial score (nSPS) is 11.1. The van der Waals surface area contributed by atoms with Crippen molar-refractivity contribution in [2.24, 2.45) is 0 Å². The van der Waals surface area contributed by atoms with E-state index in [1.807, 2.05) is 37.4 Å². The Morgan fingerprint density at radius 2 is 1.89 bits per heavy atom. The number of hydrogen-bond donors (Lipinski definition) is 1. The van der Waals surface area contributed by atoms with Gasteiger partial charge in [0.2, 0.25) is 0 Å². The molecule has 0 spiro atoms. The lowest BCUT2D eigenvalue weighted by molar-refractivity contribution is 0.630. The van der Waals surface area contributed by atoms with Crippen molar-refractivity contribution in [1.82, 2.24) is 15.2 Å². The summed E-state index contributed by atoms with van der Waals surface area (Å²) in [7, 11) is 0. The van der Waals surface area contributed by atoms with E-state index in [9.17, 15) is 4.39 Å². The zero-order valence-electron chi connectivity index (χ0n) is 14.5. The number of nitrogens with zero attached hydrogens (tertiary/aromatic N) is 2. The van der Waals surface area contributed by atoms with E-state index in [0.717, 1.165) is 32.2 Å². The first-order chi connectivity index (χ1) is 13.0. The van der Waals surface area contributed by atoms with Gasteiger partial charge in [0.15, 0.2) is 11.6 Å². The Hall–Kier alpha value is -2.21. The van der Waals surface area contributed by atoms with Crippen molar-refractivity contribution < 1.29 is 4.39 Å². The zero-order valence-corrected chi connectivity index (χ0v) is 16.8. The van der Waals surface area contributed by atoms with Crippen molar-refractivity contribution in [3.8, 4) is 33.2 Å². The summed E-state index contributed by atoms with van der Waals surface area (Å²) in [5, 5.41) is 10.1. The van der Waals surface area contributed by atoms with E-state index in [0.29, 0.717) is 11.6 Å². The number of H-pyrrole nitrogens is 1. The van der Waals surface area contributed by atoms with Crippen LogP contribution in [0.15, 0.2) is 41.8 Å². The van der Waals surface area contributed by atoms with E-state index in [1.54, 1.807) is 23.5 Å². The van der Waals surface area contributed by atoms with Crippen LogP contribution in [0.1, 0.15) is 11.1 Å². The van der Waals surface area contributed by atoms with Gasteiger partial charge in [-0.15, -0.1) is 11.3 Å². The van der Waals surface area contributed by atoms with Crippen LogP contribution in [0.25, 0.3) is 33.2 Å². The summed E-state index contributed by atoms with van der Waals surface area (Å²) < 4.78 is 14.1. The quantitative estimate of drug-likeness (QED) is 0.392. The van der Waals surface area contributed by atoms with E-state index in [-0.39, 0.29) is 10.6 Å². The van der Waals surface area contributed by atoms with Crippen molar-refractivity contribution in [1.29, 1.82) is 0 Å². The standard InChI is InChI=1S/C20H14Cl2FN3S/c1-10-6-7-12(8-15(10)22)18-11(2)13(9-27-18)19-24-20(26-25-19)17-14(21)4-3-5-16(17)23/h3-9H,1-2H3,(H,24,25,26). The van der Waals surface area contributed by atoms with Crippen molar-refractivity contribution in [2.45, 2.75) is 13.8 Å². The minimum Gasteiger partial charge on any atom is -0.259 e. The molecule has 2 heterocycles. The predicted molar refractivity (Wildman–Crippen MR) is 110 cm³/mol. The molecule has 0 fully saturated rings. The van der Waals surface area contributed by atoms with Gasteiger partial charge >= 0.3 is 0 Å². The molecule has 4 aromatic rings. The van der Waals surface area contributed by atoms with Gasteiger partial charge in [-0.1, -0.05) is 41.4 Å². The van der Waals surface area contributed by atoms with Crippen LogP contribution in [0.4, 0.5) is 4.39 Å². The van der Waals surface area contributed by atoms with Crippen molar-refractivity contribution >= 4 is 34.5 Å². The fourth-order valence-corrected chi connectivity index (χ4v) is 4.37. The molecule has 0 aliphatic carbocycles. The van der Waals surface area contributed by atoms with Crippen LogP contribution in [0, 0.1) is 19.7 Å². The molecule has 0 aliphatic rings. The zero-order chi connectivity index (χ0) is 19.1. The molecule has 4 rings (SSSR count). The molecule has 27 heavy (non-hydrogen) atoms. The van der Waals surface area contributed by atoms with E-state index in [4.69, 9.17) is 23.2 Å². The molecule has 0 saturated heterocycles. The van der Waals surface area contributed by atoms with Crippen LogP contribution < -0.4 is 0 Å². The summed E-state index contributed by atoms with van der Waals surface area (Å²) in [4.78, 5) is 5.56. The molecule has 0 atom stereocenters. The highest BCUT2D eigenvalue weighted by atomic mass is 35.5. The van der Waals surface area contributed by atoms with Gasteiger partial charge in [-0.3, -0.25) is 5.10 Å². The monoisotopic (exact) mass is 417 g/mol. The minimum absolute atomic E-state index is 0.219. The summed E-state index contributed by atoms with van der Waals surface area (Å²) in [5.41, 5.74) is 4.24. The van der Waals surface area contributed by atoms with Crippen LogP contribution in [0.3, 0.4) is 0 Å². The van der Waals surface area contributed by atoms with Gasteiger partial charge in [0.05, 0.1) is 10.6 Å². The predicted octanol–water partition coefficient (Wildman–Crippen LogP) is 6.93. The smallest absolute Gasteiger partial charge is 0.182 e. The first-order valence-electron chi connectivity index (χ1n) is 8.17. The van der Waals surface area contributed by atoms with E-state index in [2.05, 4.69) is 15.2 Å². The van der Waals surface area contributed by atoms with E-state index in [1.165, 1.54) is 6.07 Å². The van der Waals surface area contributed by atoms with Gasteiger partial charge in [0, 0.05) is 20.8 Å². The topological polar surface area (TPSA) is 41.6 Å². The highest BCUT2D eigenvalue weighted by molar-refractivity contribution is 7.14. The Kier molecular flexibility index (Phi) is 4.76. The average Bonchev–Trinajstić information content (AvgIpc) is 3.24. The second-order valence-electron chi connectivity index (χ2n) is 6.17. The number of benzene rings is 2. The maximum atomic E-state index is 14.1. The third-order valence-corrected chi connectivity index (χ3v) is 6.25. The first-order valence-corrected chi connectivity index (χ1v) is 9.81. The average molecular weight is 418 g/mol. The number of halogens is 3. The first kappa shape index (κ1) is 18.2. The SMILES string of the molecule is Cc1ccc(-c2scc(-c3n[nH]c(-c4c(F)cccc4Cl)n3)c2C)cc1Cl. The number of hydrogen-bond acceptors (Lipinski definition) is 3. The van der Waals surface area contributed by atoms with Gasteiger partial charge in [-0.05, 0) is 48.7 Å². The van der Waals surface area contributed by atoms with Crippen molar-refractivity contribution in [2.75, 3.05) is 0 Å². The lowest BCUT2D eigenvalue weighted by Gasteiger charge is -2.04. The van der Waals surface area contributed by atoms with Gasteiger partial charge in [0.1, 0.15) is 5.82 Å². The Bertz CT molecular complexity index is 1130. The lowest BCUT2D eigenvalue weighted by Crippen LogP contribution is -1.88. The number of aromatic amines is 1. The molecule has 7 heteroatoms. The van der Waals surface area contributed by atoms with Crippen LogP contribution >= 0.6 is 34.5 Å². The Balaban J connectivity index is 1.75. The molecule has 136 valence electrons. The largest absolute Gasteiger partial charge is 0.259 e. The highest BCUT2D eigenvalue weighted by Gasteiger charge is 2.18. The summed E-state index contributed by atoms with van der Waals surface area (Å²) >= 11 is 14.0. The van der Waals surface area contributed by atoms with E-state index < -0.39 is 5.82 Å². The third kappa shape index (κ3) is 3.27. The molecule has 1 N–H and O–H groups in total. The van der Waals surface area contributed by atoms with Gasteiger partial charge in [-0.2, -0.15) is 5.10 Å². The number of rotatable bonds is 3. The van der Waals surface area contributed by atoms with Crippen molar-refractivity contribution in [3.05, 3.63) is 68.8 Å². The number of aromatic nitrogens is 3. The Morgan fingerprint density at radius 1 is 1.07 bits per heavy atom. The molecule has 2 aromatic heterocycles. The molecule has 3 nitrogen and oxygen atoms in total. The number of nitrogens with one attached hydrogen (secondary N) is 1. The van der Waals surface area contributed by atoms with Crippen LogP contribution in [0.5, 0.6) is 0 Å². The van der Waals surface area contributed by atoms with E-state index >= 15 is 0 Å². The Labute approximate surface area is 169 Å². The number of thiophene rings is 1. The maximum Gasteiger partial charge on any atom is 0.182 e. The van der Waals surface area contributed by atoms with Gasteiger partial charge in [-0.25, -0.2) is 9.37 Å². The second kappa shape index (κ2) is 7.08. The molecule has 0 amide bonds. The molecule has 2 aromatic carbocycles. The van der Waals surface area contributed by atoms with Gasteiger partial charge in [0.25, 0.3) is 0 Å². The molecule has 0 unspecified atom stereocenters. The summed E-state index contributed by atoms with van der Waals surface area (Å²) in [6.07, 6.45) is 0. The van der Waals surface area contributed by atoms with Crippen LogP contribution in [-0.4, -0.2) is 15.2 Å². The fourth-order valence-electron chi connectivity index (χ4n) is 2.87. The minimum atomic E-state index is -0.442. The summed E-state index contributed by atoms with van der Waals surface area (Å²) in [6.45, 7) is 3.99. The Morgan fingerprint density at radius 3 is 2.63 bits per heavy atom. The maximum absolute atomic E-state index is 14.1. The van der Waals surface area contributed by atoms with Crippen molar-refractivity contribution in [3.63, 3.8) is 0 Å².